The Labute approximate surface area is 123 Å². The summed E-state index contributed by atoms with van der Waals surface area (Å²) in [5.74, 6) is 0. The molecule has 20 heavy (non-hydrogen) atoms. The molecule has 0 spiro atoms. The number of rotatable bonds is 7. The van der Waals surface area contributed by atoms with E-state index in [4.69, 9.17) is 0 Å². The van der Waals surface area contributed by atoms with Crippen molar-refractivity contribution >= 4 is 0 Å². The van der Waals surface area contributed by atoms with Crippen LogP contribution in [0, 0.1) is 0 Å². The van der Waals surface area contributed by atoms with Crippen molar-refractivity contribution in [2.45, 2.75) is 44.7 Å². The van der Waals surface area contributed by atoms with Crippen molar-refractivity contribution in [3.63, 3.8) is 0 Å². The normalized spacial score (nSPS) is 18.9. The summed E-state index contributed by atoms with van der Waals surface area (Å²) < 4.78 is 0. The lowest BCUT2D eigenvalue weighted by atomic mass is 10.0. The lowest BCUT2D eigenvalue weighted by molar-refractivity contribution is 0.194. The van der Waals surface area contributed by atoms with E-state index in [1.807, 2.05) is 6.08 Å². The zero-order valence-corrected chi connectivity index (χ0v) is 12.7. The van der Waals surface area contributed by atoms with Crippen LogP contribution in [-0.2, 0) is 6.42 Å². The number of hydrogen-bond acceptors (Lipinski definition) is 2. The smallest absolute Gasteiger partial charge is 0.00940 e. The summed E-state index contributed by atoms with van der Waals surface area (Å²) in [7, 11) is 0. The summed E-state index contributed by atoms with van der Waals surface area (Å²) in [6.45, 7) is 9.71. The Morgan fingerprint density at radius 1 is 1.30 bits per heavy atom. The maximum absolute atomic E-state index is 3.81. The number of nitrogens with one attached hydrogen (secondary N) is 1. The first kappa shape index (κ1) is 15.3. The molecule has 2 heteroatoms. The van der Waals surface area contributed by atoms with E-state index in [0.29, 0.717) is 12.1 Å². The third kappa shape index (κ3) is 5.10. The van der Waals surface area contributed by atoms with Crippen LogP contribution < -0.4 is 5.32 Å². The van der Waals surface area contributed by atoms with Crippen LogP contribution in [0.2, 0.25) is 0 Å². The van der Waals surface area contributed by atoms with Gasteiger partial charge in [0, 0.05) is 18.6 Å². The summed E-state index contributed by atoms with van der Waals surface area (Å²) in [5, 5.41) is 3.72. The highest BCUT2D eigenvalue weighted by Gasteiger charge is 2.19. The van der Waals surface area contributed by atoms with Gasteiger partial charge in [0.1, 0.15) is 0 Å². The largest absolute Gasteiger partial charge is 0.311 e. The molecule has 0 bridgehead atoms. The van der Waals surface area contributed by atoms with Gasteiger partial charge in [0.25, 0.3) is 0 Å². The number of benzene rings is 1. The summed E-state index contributed by atoms with van der Waals surface area (Å²) in [4.78, 5) is 2.60. The molecule has 1 aliphatic rings. The van der Waals surface area contributed by atoms with Crippen molar-refractivity contribution in [3.8, 4) is 0 Å². The average molecular weight is 272 g/mol. The molecule has 110 valence electrons. The standard InChI is InChI=1S/C18H28N2/c1-3-7-16(2)19-18-11-14-20(15-12-18)13-10-17-8-5-4-6-9-17/h3-6,8-9,16,18-19H,1,7,10-15H2,2H3. The molecule has 1 saturated heterocycles. The summed E-state index contributed by atoms with van der Waals surface area (Å²) in [5.41, 5.74) is 1.45. The molecule has 1 unspecified atom stereocenters. The van der Waals surface area contributed by atoms with Gasteiger partial charge < -0.3 is 10.2 Å². The minimum Gasteiger partial charge on any atom is -0.311 e. The van der Waals surface area contributed by atoms with Gasteiger partial charge in [-0.05, 0) is 51.3 Å². The van der Waals surface area contributed by atoms with Crippen LogP contribution in [0.15, 0.2) is 43.0 Å². The van der Waals surface area contributed by atoms with Gasteiger partial charge in [0.15, 0.2) is 0 Å². The molecule has 0 aromatic heterocycles. The van der Waals surface area contributed by atoms with Crippen molar-refractivity contribution < 1.29 is 0 Å². The Hall–Kier alpha value is -1.12. The molecule has 1 aliphatic heterocycles. The third-order valence-corrected chi connectivity index (χ3v) is 4.19. The van der Waals surface area contributed by atoms with Gasteiger partial charge in [-0.15, -0.1) is 6.58 Å². The SMILES string of the molecule is C=CCC(C)NC1CCN(CCc2ccccc2)CC1. The Kier molecular flexibility index (Phi) is 6.28. The van der Waals surface area contributed by atoms with E-state index in [9.17, 15) is 0 Å². The molecule has 1 aromatic rings. The lowest BCUT2D eigenvalue weighted by Gasteiger charge is -2.33. The molecule has 1 atom stereocenters. The van der Waals surface area contributed by atoms with Crippen molar-refractivity contribution in [3.05, 3.63) is 48.6 Å². The maximum Gasteiger partial charge on any atom is 0.00940 e. The first-order valence-corrected chi connectivity index (χ1v) is 7.91. The Bertz CT molecular complexity index is 380. The molecular weight excluding hydrogens is 244 g/mol. The molecular formula is C18H28N2. The zero-order chi connectivity index (χ0) is 14.2. The molecule has 2 rings (SSSR count). The third-order valence-electron chi connectivity index (χ3n) is 4.19. The molecule has 0 saturated carbocycles. The Morgan fingerprint density at radius 3 is 2.65 bits per heavy atom. The fourth-order valence-corrected chi connectivity index (χ4v) is 2.98. The first-order chi connectivity index (χ1) is 9.78. The molecule has 0 aliphatic carbocycles. The van der Waals surface area contributed by atoms with E-state index < -0.39 is 0 Å². The predicted molar refractivity (Wildman–Crippen MR) is 87.0 cm³/mol. The lowest BCUT2D eigenvalue weighted by Crippen LogP contribution is -2.45. The highest BCUT2D eigenvalue weighted by atomic mass is 15.1. The second-order valence-corrected chi connectivity index (χ2v) is 5.94. The van der Waals surface area contributed by atoms with E-state index >= 15 is 0 Å². The summed E-state index contributed by atoms with van der Waals surface area (Å²) >= 11 is 0. The Morgan fingerprint density at radius 2 is 2.00 bits per heavy atom. The molecule has 2 nitrogen and oxygen atoms in total. The molecule has 1 heterocycles. The molecule has 1 aromatic carbocycles. The van der Waals surface area contributed by atoms with Gasteiger partial charge in [-0.1, -0.05) is 36.4 Å². The number of hydrogen-bond donors (Lipinski definition) is 1. The highest BCUT2D eigenvalue weighted by Crippen LogP contribution is 2.12. The fraction of sp³-hybridized carbons (Fsp3) is 0.556. The zero-order valence-electron chi connectivity index (χ0n) is 12.7. The second-order valence-electron chi connectivity index (χ2n) is 5.94. The van der Waals surface area contributed by atoms with E-state index in [1.54, 1.807) is 0 Å². The van der Waals surface area contributed by atoms with E-state index in [0.717, 1.165) is 6.42 Å². The first-order valence-electron chi connectivity index (χ1n) is 7.91. The number of piperidine rings is 1. The summed E-state index contributed by atoms with van der Waals surface area (Å²) in [6.07, 6.45) is 6.79. The average Bonchev–Trinajstić information content (AvgIpc) is 2.48. The van der Waals surface area contributed by atoms with Crippen molar-refractivity contribution in [1.82, 2.24) is 10.2 Å². The maximum atomic E-state index is 3.81. The van der Waals surface area contributed by atoms with Crippen LogP contribution in [0.4, 0.5) is 0 Å². The quantitative estimate of drug-likeness (QED) is 0.767. The van der Waals surface area contributed by atoms with Gasteiger partial charge >= 0.3 is 0 Å². The van der Waals surface area contributed by atoms with E-state index in [-0.39, 0.29) is 0 Å². The van der Waals surface area contributed by atoms with Crippen LogP contribution in [-0.4, -0.2) is 36.6 Å². The topological polar surface area (TPSA) is 15.3 Å². The molecule has 0 radical (unpaired) electrons. The summed E-state index contributed by atoms with van der Waals surface area (Å²) in [6, 6.07) is 12.1. The highest BCUT2D eigenvalue weighted by molar-refractivity contribution is 5.14. The van der Waals surface area contributed by atoms with Crippen LogP contribution in [0.1, 0.15) is 31.7 Å². The van der Waals surface area contributed by atoms with Crippen molar-refractivity contribution in [2.24, 2.45) is 0 Å². The molecule has 0 amide bonds. The van der Waals surface area contributed by atoms with Crippen molar-refractivity contribution in [1.29, 1.82) is 0 Å². The minimum atomic E-state index is 0.563. The van der Waals surface area contributed by atoms with Gasteiger partial charge in [0.05, 0.1) is 0 Å². The number of likely N-dealkylation sites (tertiary alicyclic amines) is 1. The molecule has 1 N–H and O–H groups in total. The monoisotopic (exact) mass is 272 g/mol. The van der Waals surface area contributed by atoms with Gasteiger partial charge in [-0.3, -0.25) is 0 Å². The van der Waals surface area contributed by atoms with E-state index in [1.165, 1.54) is 44.5 Å². The predicted octanol–water partition coefficient (Wildman–Crippen LogP) is 3.25. The van der Waals surface area contributed by atoms with Crippen molar-refractivity contribution in [2.75, 3.05) is 19.6 Å². The van der Waals surface area contributed by atoms with Gasteiger partial charge in [-0.2, -0.15) is 0 Å². The Balaban J connectivity index is 1.65. The number of nitrogens with zero attached hydrogens (tertiary/aromatic N) is 1. The fourth-order valence-electron chi connectivity index (χ4n) is 2.98. The van der Waals surface area contributed by atoms with Crippen LogP contribution >= 0.6 is 0 Å². The van der Waals surface area contributed by atoms with Gasteiger partial charge in [0.2, 0.25) is 0 Å². The minimum absolute atomic E-state index is 0.563. The van der Waals surface area contributed by atoms with Crippen LogP contribution in [0.3, 0.4) is 0 Å². The second kappa shape index (κ2) is 8.23. The van der Waals surface area contributed by atoms with E-state index in [2.05, 4.69) is 54.1 Å². The molecule has 1 fully saturated rings. The van der Waals surface area contributed by atoms with Crippen LogP contribution in [0.5, 0.6) is 0 Å². The van der Waals surface area contributed by atoms with Crippen LogP contribution in [0.25, 0.3) is 0 Å². The van der Waals surface area contributed by atoms with Gasteiger partial charge in [-0.25, -0.2) is 0 Å².